The largest absolute Gasteiger partial charge is 0.346 e. The monoisotopic (exact) mass is 311 g/mol. The van der Waals surface area contributed by atoms with E-state index in [9.17, 15) is 8.42 Å². The lowest BCUT2D eigenvalue weighted by Crippen LogP contribution is -2.50. The van der Waals surface area contributed by atoms with Crippen molar-refractivity contribution in [3.05, 3.63) is 18.0 Å². The number of rotatable bonds is 7. The van der Waals surface area contributed by atoms with Crippen molar-refractivity contribution >= 4 is 10.0 Å². The van der Waals surface area contributed by atoms with Crippen LogP contribution in [0.25, 0.3) is 0 Å². The molecule has 2 saturated carbocycles. The van der Waals surface area contributed by atoms with Crippen molar-refractivity contribution < 1.29 is 8.42 Å². The lowest BCUT2D eigenvalue weighted by molar-refractivity contribution is 0.248. The molecule has 2 fully saturated rings. The van der Waals surface area contributed by atoms with Gasteiger partial charge in [-0.2, -0.15) is 0 Å². The fourth-order valence-corrected chi connectivity index (χ4v) is 4.44. The molecule has 0 saturated heterocycles. The molecule has 118 valence electrons. The maximum atomic E-state index is 12.6. The van der Waals surface area contributed by atoms with Crippen molar-refractivity contribution in [1.82, 2.24) is 14.6 Å². The summed E-state index contributed by atoms with van der Waals surface area (Å²) in [6.07, 6.45) is 7.08. The summed E-state index contributed by atoms with van der Waals surface area (Å²) >= 11 is 0. The van der Waals surface area contributed by atoms with Gasteiger partial charge in [0.2, 0.25) is 10.0 Å². The number of hydrogen-bond donors (Lipinski definition) is 2. The minimum atomic E-state index is -3.41. The Labute approximate surface area is 127 Å². The van der Waals surface area contributed by atoms with Crippen LogP contribution in [0.1, 0.15) is 57.7 Å². The zero-order chi connectivity index (χ0) is 15.1. The van der Waals surface area contributed by atoms with Gasteiger partial charge in [0, 0.05) is 30.0 Å². The Morgan fingerprint density at radius 2 is 2.10 bits per heavy atom. The van der Waals surface area contributed by atoms with Crippen LogP contribution in [0, 0.1) is 0 Å². The van der Waals surface area contributed by atoms with Gasteiger partial charge in [-0.25, -0.2) is 13.1 Å². The van der Waals surface area contributed by atoms with Gasteiger partial charge >= 0.3 is 0 Å². The first kappa shape index (κ1) is 15.1. The van der Waals surface area contributed by atoms with Crippen LogP contribution in [0.3, 0.4) is 0 Å². The van der Waals surface area contributed by atoms with E-state index in [0.29, 0.717) is 10.9 Å². The molecular weight excluding hydrogens is 286 g/mol. The zero-order valence-electron chi connectivity index (χ0n) is 12.9. The van der Waals surface area contributed by atoms with E-state index in [1.54, 1.807) is 0 Å². The smallest absolute Gasteiger partial charge is 0.242 e. The Morgan fingerprint density at radius 1 is 1.38 bits per heavy atom. The third-order valence-electron chi connectivity index (χ3n) is 4.55. The standard InChI is InChI=1S/C15H25N3O2S/c1-3-16-10-13-9-14(11-18(13)12-5-6-12)21(19,20)17-15(2)7-4-8-15/h9,11-12,16-17H,3-8,10H2,1-2H3. The van der Waals surface area contributed by atoms with Crippen molar-refractivity contribution in [2.24, 2.45) is 0 Å². The second kappa shape index (κ2) is 5.41. The predicted molar refractivity (Wildman–Crippen MR) is 82.7 cm³/mol. The summed E-state index contributed by atoms with van der Waals surface area (Å²) in [6.45, 7) is 5.65. The molecule has 2 aliphatic rings. The predicted octanol–water partition coefficient (Wildman–Crippen LogP) is 2.15. The molecule has 0 amide bonds. The fraction of sp³-hybridized carbons (Fsp3) is 0.733. The molecule has 0 spiro atoms. The van der Waals surface area contributed by atoms with E-state index in [-0.39, 0.29) is 5.54 Å². The zero-order valence-corrected chi connectivity index (χ0v) is 13.7. The van der Waals surface area contributed by atoms with Crippen LogP contribution in [0.5, 0.6) is 0 Å². The van der Waals surface area contributed by atoms with Crippen LogP contribution in [0.15, 0.2) is 17.2 Å². The summed E-state index contributed by atoms with van der Waals surface area (Å²) in [5.74, 6) is 0. The Balaban J connectivity index is 1.83. The van der Waals surface area contributed by atoms with Crippen LogP contribution in [-0.2, 0) is 16.6 Å². The Kier molecular flexibility index (Phi) is 3.88. The number of nitrogens with zero attached hydrogens (tertiary/aromatic N) is 1. The number of hydrogen-bond acceptors (Lipinski definition) is 3. The molecular formula is C15H25N3O2S. The average molecular weight is 311 g/mol. The van der Waals surface area contributed by atoms with Crippen LogP contribution in [0.4, 0.5) is 0 Å². The first-order valence-electron chi connectivity index (χ1n) is 7.89. The van der Waals surface area contributed by atoms with E-state index in [1.807, 2.05) is 19.2 Å². The molecule has 0 aliphatic heterocycles. The normalized spacial score (nSPS) is 21.2. The van der Waals surface area contributed by atoms with Gasteiger partial charge in [-0.15, -0.1) is 0 Å². The van der Waals surface area contributed by atoms with E-state index in [1.165, 1.54) is 0 Å². The third kappa shape index (κ3) is 3.17. The molecule has 2 aliphatic carbocycles. The SMILES string of the molecule is CCNCc1cc(S(=O)(=O)NC2(C)CCC2)cn1C1CC1. The molecule has 21 heavy (non-hydrogen) atoms. The van der Waals surface area contributed by atoms with E-state index in [4.69, 9.17) is 0 Å². The highest BCUT2D eigenvalue weighted by molar-refractivity contribution is 7.89. The molecule has 1 heterocycles. The first-order valence-corrected chi connectivity index (χ1v) is 9.37. The van der Waals surface area contributed by atoms with Crippen molar-refractivity contribution in [1.29, 1.82) is 0 Å². The molecule has 0 atom stereocenters. The molecule has 3 rings (SSSR count). The molecule has 0 bridgehead atoms. The van der Waals surface area contributed by atoms with E-state index < -0.39 is 10.0 Å². The highest BCUT2D eigenvalue weighted by atomic mass is 32.2. The van der Waals surface area contributed by atoms with E-state index in [0.717, 1.165) is 50.9 Å². The van der Waals surface area contributed by atoms with E-state index in [2.05, 4.69) is 21.5 Å². The lowest BCUT2D eigenvalue weighted by atomic mass is 9.80. The van der Waals surface area contributed by atoms with Gasteiger partial charge in [0.05, 0.1) is 4.90 Å². The maximum Gasteiger partial charge on any atom is 0.242 e. The second-order valence-electron chi connectivity index (χ2n) is 6.61. The van der Waals surface area contributed by atoms with Gasteiger partial charge in [-0.3, -0.25) is 0 Å². The highest BCUT2D eigenvalue weighted by Crippen LogP contribution is 2.38. The summed E-state index contributed by atoms with van der Waals surface area (Å²) < 4.78 is 30.2. The molecule has 1 aromatic heterocycles. The van der Waals surface area contributed by atoms with Gasteiger partial charge in [-0.1, -0.05) is 6.92 Å². The fourth-order valence-electron chi connectivity index (χ4n) is 2.92. The molecule has 2 N–H and O–H groups in total. The molecule has 0 radical (unpaired) electrons. The quantitative estimate of drug-likeness (QED) is 0.811. The Morgan fingerprint density at radius 3 is 2.62 bits per heavy atom. The summed E-state index contributed by atoms with van der Waals surface area (Å²) in [5, 5.41) is 3.29. The minimum Gasteiger partial charge on any atom is -0.346 e. The molecule has 6 heteroatoms. The summed E-state index contributed by atoms with van der Waals surface area (Å²) in [7, 11) is -3.41. The van der Waals surface area contributed by atoms with Gasteiger partial charge in [-0.05, 0) is 51.6 Å². The van der Waals surface area contributed by atoms with Crippen molar-refractivity contribution in [2.75, 3.05) is 6.54 Å². The Hall–Kier alpha value is -0.850. The molecule has 0 aromatic carbocycles. The lowest BCUT2D eigenvalue weighted by Gasteiger charge is -2.38. The van der Waals surface area contributed by atoms with Crippen LogP contribution in [0.2, 0.25) is 0 Å². The van der Waals surface area contributed by atoms with Gasteiger partial charge in [0.15, 0.2) is 0 Å². The maximum absolute atomic E-state index is 12.6. The third-order valence-corrected chi connectivity index (χ3v) is 6.16. The summed E-state index contributed by atoms with van der Waals surface area (Å²) in [6, 6.07) is 2.31. The topological polar surface area (TPSA) is 63.1 Å². The van der Waals surface area contributed by atoms with Crippen molar-refractivity contribution in [2.45, 2.75) is 69.0 Å². The summed E-state index contributed by atoms with van der Waals surface area (Å²) in [5.41, 5.74) is 0.820. The van der Waals surface area contributed by atoms with Crippen LogP contribution < -0.4 is 10.0 Å². The van der Waals surface area contributed by atoms with Gasteiger partial charge < -0.3 is 9.88 Å². The van der Waals surface area contributed by atoms with Gasteiger partial charge in [0.1, 0.15) is 0 Å². The van der Waals surface area contributed by atoms with Crippen LogP contribution >= 0.6 is 0 Å². The van der Waals surface area contributed by atoms with Crippen LogP contribution in [-0.4, -0.2) is 25.1 Å². The number of nitrogens with one attached hydrogen (secondary N) is 2. The van der Waals surface area contributed by atoms with Gasteiger partial charge in [0.25, 0.3) is 0 Å². The highest BCUT2D eigenvalue weighted by Gasteiger charge is 2.37. The number of sulfonamides is 1. The molecule has 1 aromatic rings. The summed E-state index contributed by atoms with van der Waals surface area (Å²) in [4.78, 5) is 0.412. The van der Waals surface area contributed by atoms with Crippen molar-refractivity contribution in [3.8, 4) is 0 Å². The molecule has 5 nitrogen and oxygen atoms in total. The minimum absolute atomic E-state index is 0.248. The number of aromatic nitrogens is 1. The van der Waals surface area contributed by atoms with E-state index >= 15 is 0 Å². The second-order valence-corrected chi connectivity index (χ2v) is 8.29. The average Bonchev–Trinajstić information content (AvgIpc) is 3.14. The first-order chi connectivity index (χ1) is 9.93. The molecule has 0 unspecified atom stereocenters. The Bertz CT molecular complexity index is 613. The van der Waals surface area contributed by atoms with Crippen molar-refractivity contribution in [3.63, 3.8) is 0 Å².